The highest BCUT2D eigenvalue weighted by molar-refractivity contribution is 14.0. The molecule has 0 amide bonds. The van der Waals surface area contributed by atoms with Crippen molar-refractivity contribution < 1.29 is 13.2 Å². The molecule has 0 radical (unpaired) electrons. The molecular weight excluding hydrogens is 532 g/mol. The molecule has 2 rings (SSSR count). The number of thioether (sulfide) groups is 1. The van der Waals surface area contributed by atoms with E-state index < -0.39 is 11.9 Å². The number of aromatic nitrogens is 1. The SMILES string of the molecule is CN=C(NCc1nc(C(F)(F)F)cs1)NCC(SC)c1cccc(Cl)c1.I. The summed E-state index contributed by atoms with van der Waals surface area (Å²) in [6.45, 7) is 0.758. The summed E-state index contributed by atoms with van der Waals surface area (Å²) in [5.41, 5.74) is 0.216. The van der Waals surface area contributed by atoms with E-state index in [0.29, 0.717) is 22.5 Å². The van der Waals surface area contributed by atoms with E-state index in [4.69, 9.17) is 11.6 Å². The largest absolute Gasteiger partial charge is 0.434 e. The third-order valence-electron chi connectivity index (χ3n) is 3.43. The highest BCUT2D eigenvalue weighted by atomic mass is 127. The number of hydrogen-bond donors (Lipinski definition) is 2. The standard InChI is InChI=1S/C16H18ClF3N4S2.HI/c1-21-15(23-8-14-24-13(9-26-14)16(18,19)20)22-7-12(25-2)10-4-3-5-11(17)6-10;/h3-6,9,12H,7-8H2,1-2H3,(H2,21,22,23);1H. The normalized spacial score (nSPS) is 13.0. The summed E-state index contributed by atoms with van der Waals surface area (Å²) in [5, 5.41) is 8.34. The Kier molecular flexibility index (Phi) is 10.2. The van der Waals surface area contributed by atoms with Gasteiger partial charge in [-0.2, -0.15) is 24.9 Å². The molecule has 1 unspecified atom stereocenters. The van der Waals surface area contributed by atoms with E-state index in [1.54, 1.807) is 18.8 Å². The lowest BCUT2D eigenvalue weighted by Gasteiger charge is -2.18. The number of aliphatic imine (C=N–C) groups is 1. The van der Waals surface area contributed by atoms with Crippen LogP contribution in [0.25, 0.3) is 0 Å². The van der Waals surface area contributed by atoms with Gasteiger partial charge in [0.25, 0.3) is 0 Å². The van der Waals surface area contributed by atoms with Crippen LogP contribution >= 0.6 is 58.7 Å². The number of halogens is 5. The van der Waals surface area contributed by atoms with Crippen molar-refractivity contribution >= 4 is 64.6 Å². The van der Waals surface area contributed by atoms with E-state index >= 15 is 0 Å². The highest BCUT2D eigenvalue weighted by Gasteiger charge is 2.33. The van der Waals surface area contributed by atoms with Crippen molar-refractivity contribution in [2.75, 3.05) is 19.8 Å². The fourth-order valence-electron chi connectivity index (χ4n) is 2.14. The summed E-state index contributed by atoms with van der Waals surface area (Å²) in [6.07, 6.45) is -2.42. The molecule has 1 heterocycles. The van der Waals surface area contributed by atoms with E-state index in [-0.39, 0.29) is 35.8 Å². The molecule has 0 bridgehead atoms. The molecule has 0 saturated carbocycles. The Morgan fingerprint density at radius 3 is 2.67 bits per heavy atom. The average Bonchev–Trinajstić information content (AvgIpc) is 3.07. The zero-order valence-corrected chi connectivity index (χ0v) is 19.2. The molecule has 2 N–H and O–H groups in total. The molecule has 27 heavy (non-hydrogen) atoms. The maximum atomic E-state index is 12.6. The van der Waals surface area contributed by atoms with Crippen molar-refractivity contribution in [1.82, 2.24) is 15.6 Å². The number of benzene rings is 1. The number of alkyl halides is 3. The van der Waals surface area contributed by atoms with E-state index in [9.17, 15) is 13.2 Å². The molecule has 0 aliphatic rings. The zero-order valence-electron chi connectivity index (χ0n) is 14.5. The fourth-order valence-corrected chi connectivity index (χ4v) is 3.74. The van der Waals surface area contributed by atoms with Crippen molar-refractivity contribution in [3.05, 3.63) is 50.9 Å². The summed E-state index contributed by atoms with van der Waals surface area (Å²) in [6, 6.07) is 7.63. The Hall–Kier alpha value is -0.720. The van der Waals surface area contributed by atoms with Crippen LogP contribution in [0.5, 0.6) is 0 Å². The van der Waals surface area contributed by atoms with Gasteiger partial charge in [0.05, 0.1) is 6.54 Å². The lowest BCUT2D eigenvalue weighted by atomic mass is 10.1. The van der Waals surface area contributed by atoms with Gasteiger partial charge in [0.1, 0.15) is 5.01 Å². The molecule has 1 aromatic heterocycles. The number of hydrogen-bond acceptors (Lipinski definition) is 4. The van der Waals surface area contributed by atoms with Gasteiger partial charge in [-0.3, -0.25) is 4.99 Å². The molecule has 0 fully saturated rings. The highest BCUT2D eigenvalue weighted by Crippen LogP contribution is 2.30. The Morgan fingerprint density at radius 1 is 1.37 bits per heavy atom. The van der Waals surface area contributed by atoms with Crippen molar-refractivity contribution in [2.45, 2.75) is 18.0 Å². The number of thiazole rings is 1. The maximum Gasteiger partial charge on any atom is 0.434 e. The van der Waals surface area contributed by atoms with Crippen LogP contribution in [0.2, 0.25) is 5.02 Å². The first kappa shape index (κ1) is 24.3. The van der Waals surface area contributed by atoms with Crippen LogP contribution in [0.4, 0.5) is 13.2 Å². The van der Waals surface area contributed by atoms with Gasteiger partial charge >= 0.3 is 6.18 Å². The van der Waals surface area contributed by atoms with E-state index in [1.165, 1.54) is 0 Å². The number of guanidine groups is 1. The summed E-state index contributed by atoms with van der Waals surface area (Å²) in [4.78, 5) is 7.68. The van der Waals surface area contributed by atoms with Crippen molar-refractivity contribution in [1.29, 1.82) is 0 Å². The van der Waals surface area contributed by atoms with Crippen LogP contribution in [0.1, 0.15) is 21.5 Å². The molecule has 0 saturated heterocycles. The molecule has 1 aromatic carbocycles. The number of nitrogens with zero attached hydrogens (tertiary/aromatic N) is 2. The first-order valence-corrected chi connectivity index (χ1v) is 10.1. The van der Waals surface area contributed by atoms with Crippen LogP contribution in [-0.4, -0.2) is 30.8 Å². The second-order valence-corrected chi connectivity index (χ2v) is 7.63. The third kappa shape index (κ3) is 7.66. The van der Waals surface area contributed by atoms with Gasteiger partial charge in [-0.1, -0.05) is 23.7 Å². The van der Waals surface area contributed by atoms with E-state index in [2.05, 4.69) is 20.6 Å². The third-order valence-corrected chi connectivity index (χ3v) is 5.52. The summed E-state index contributed by atoms with van der Waals surface area (Å²) in [5.74, 6) is 0.495. The van der Waals surface area contributed by atoms with Gasteiger partial charge < -0.3 is 10.6 Å². The molecule has 11 heteroatoms. The molecule has 2 aromatic rings. The van der Waals surface area contributed by atoms with Crippen LogP contribution in [0, 0.1) is 0 Å². The van der Waals surface area contributed by atoms with Crippen molar-refractivity contribution in [2.24, 2.45) is 4.99 Å². The Morgan fingerprint density at radius 2 is 2.11 bits per heavy atom. The topological polar surface area (TPSA) is 49.3 Å². The molecule has 0 spiro atoms. The molecule has 0 aliphatic heterocycles. The predicted molar refractivity (Wildman–Crippen MR) is 118 cm³/mol. The molecular formula is C16H19ClF3IN4S2. The first-order valence-electron chi connectivity index (χ1n) is 7.58. The smallest absolute Gasteiger partial charge is 0.355 e. The van der Waals surface area contributed by atoms with Gasteiger partial charge in [-0.15, -0.1) is 35.3 Å². The van der Waals surface area contributed by atoms with Gasteiger partial charge in [0.2, 0.25) is 0 Å². The summed E-state index contributed by atoms with van der Waals surface area (Å²) < 4.78 is 37.7. The second-order valence-electron chi connectivity index (χ2n) is 5.21. The molecule has 4 nitrogen and oxygen atoms in total. The minimum Gasteiger partial charge on any atom is -0.355 e. The van der Waals surface area contributed by atoms with Gasteiger partial charge in [0.15, 0.2) is 11.7 Å². The Balaban J connectivity index is 0.00000364. The monoisotopic (exact) mass is 550 g/mol. The van der Waals surface area contributed by atoms with Crippen LogP contribution < -0.4 is 10.6 Å². The van der Waals surface area contributed by atoms with Crippen LogP contribution in [0.15, 0.2) is 34.6 Å². The fraction of sp³-hybridized carbons (Fsp3) is 0.375. The average molecular weight is 551 g/mol. The minimum absolute atomic E-state index is 0. The number of nitrogens with one attached hydrogen (secondary N) is 2. The Bertz CT molecular complexity index is 755. The molecule has 0 aliphatic carbocycles. The Labute approximate surface area is 186 Å². The lowest BCUT2D eigenvalue weighted by molar-refractivity contribution is -0.140. The van der Waals surface area contributed by atoms with Crippen molar-refractivity contribution in [3.63, 3.8) is 0 Å². The quantitative estimate of drug-likeness (QED) is 0.295. The van der Waals surface area contributed by atoms with Crippen LogP contribution in [-0.2, 0) is 12.7 Å². The van der Waals surface area contributed by atoms with Gasteiger partial charge in [0, 0.05) is 29.2 Å². The van der Waals surface area contributed by atoms with Crippen molar-refractivity contribution in [3.8, 4) is 0 Å². The van der Waals surface area contributed by atoms with E-state index in [1.807, 2.05) is 30.5 Å². The molecule has 1 atom stereocenters. The molecule has 150 valence electrons. The summed E-state index contributed by atoms with van der Waals surface area (Å²) >= 11 is 8.66. The maximum absolute atomic E-state index is 12.6. The van der Waals surface area contributed by atoms with E-state index in [0.717, 1.165) is 22.3 Å². The minimum atomic E-state index is -4.42. The summed E-state index contributed by atoms with van der Waals surface area (Å²) in [7, 11) is 1.60. The van der Waals surface area contributed by atoms with Gasteiger partial charge in [-0.05, 0) is 24.0 Å². The first-order chi connectivity index (χ1) is 12.3. The lowest BCUT2D eigenvalue weighted by Crippen LogP contribution is -2.38. The predicted octanol–water partition coefficient (Wildman–Crippen LogP) is 5.20. The number of rotatable bonds is 6. The van der Waals surface area contributed by atoms with Gasteiger partial charge in [-0.25, -0.2) is 4.98 Å². The zero-order chi connectivity index (χ0) is 19.2. The van der Waals surface area contributed by atoms with Crippen LogP contribution in [0.3, 0.4) is 0 Å². The second kappa shape index (κ2) is 11.3.